The second-order valence-corrected chi connectivity index (χ2v) is 5.50. The number of nitrogens with one attached hydrogen (secondary N) is 1. The van der Waals surface area contributed by atoms with Crippen LogP contribution in [0.1, 0.15) is 18.7 Å². The molecular weight excluding hydrogens is 268 g/mol. The number of aromatic nitrogens is 4. The molecular formula is C14H22N6O. The van der Waals surface area contributed by atoms with Crippen LogP contribution in [0.25, 0.3) is 11.0 Å². The van der Waals surface area contributed by atoms with Gasteiger partial charge in [0.05, 0.1) is 18.1 Å². The summed E-state index contributed by atoms with van der Waals surface area (Å²) in [7, 11) is 5.91. The average molecular weight is 290 g/mol. The summed E-state index contributed by atoms with van der Waals surface area (Å²) in [6.45, 7) is 2.43. The molecule has 1 aliphatic heterocycles. The summed E-state index contributed by atoms with van der Waals surface area (Å²) in [5.41, 5.74) is 0.865. The second kappa shape index (κ2) is 5.95. The maximum Gasteiger partial charge on any atom is 0.163 e. The highest BCUT2D eigenvalue weighted by molar-refractivity contribution is 5.86. The first kappa shape index (κ1) is 14.2. The highest BCUT2D eigenvalue weighted by atomic mass is 16.5. The summed E-state index contributed by atoms with van der Waals surface area (Å²) in [6.07, 6.45) is 3.94. The first-order chi connectivity index (χ1) is 10.2. The molecule has 1 fully saturated rings. The monoisotopic (exact) mass is 290 g/mol. The van der Waals surface area contributed by atoms with Crippen LogP contribution in [0.3, 0.4) is 0 Å². The van der Waals surface area contributed by atoms with E-state index >= 15 is 0 Å². The number of hydrogen-bond acceptors (Lipinski definition) is 6. The molecule has 0 bridgehead atoms. The number of ether oxygens (including phenoxy) is 1. The molecule has 1 saturated heterocycles. The molecule has 0 saturated carbocycles. The molecule has 114 valence electrons. The third kappa shape index (κ3) is 2.84. The van der Waals surface area contributed by atoms with Gasteiger partial charge in [-0.3, -0.25) is 9.58 Å². The van der Waals surface area contributed by atoms with Crippen molar-refractivity contribution in [3.8, 4) is 0 Å². The standard InChI is InChI=1S/C14H22N6O/c1-15-13-11-8-16-20(3)14(11)18-12(17-13)9-19(2)10-4-6-21-7-5-10/h8,10H,4-7,9H2,1-3H3,(H,15,17,18). The highest BCUT2D eigenvalue weighted by Crippen LogP contribution is 2.20. The Bertz CT molecular complexity index is 619. The Balaban J connectivity index is 1.84. The van der Waals surface area contributed by atoms with Gasteiger partial charge in [-0.25, -0.2) is 9.97 Å². The number of aryl methyl sites for hydroxylation is 1. The molecule has 2 aromatic rings. The number of anilines is 1. The fourth-order valence-electron chi connectivity index (χ4n) is 2.81. The summed E-state index contributed by atoms with van der Waals surface area (Å²) in [6, 6.07) is 0.544. The lowest BCUT2D eigenvalue weighted by atomic mass is 10.1. The van der Waals surface area contributed by atoms with E-state index in [1.807, 2.05) is 14.1 Å². The van der Waals surface area contributed by atoms with Crippen LogP contribution >= 0.6 is 0 Å². The lowest BCUT2D eigenvalue weighted by Crippen LogP contribution is -2.36. The first-order valence-electron chi connectivity index (χ1n) is 7.33. The van der Waals surface area contributed by atoms with E-state index in [1.54, 1.807) is 10.9 Å². The summed E-state index contributed by atoms with van der Waals surface area (Å²) in [5.74, 6) is 1.66. The summed E-state index contributed by atoms with van der Waals surface area (Å²) < 4.78 is 7.21. The van der Waals surface area contributed by atoms with E-state index in [0.717, 1.165) is 55.3 Å². The topological polar surface area (TPSA) is 68.1 Å². The fourth-order valence-corrected chi connectivity index (χ4v) is 2.81. The highest BCUT2D eigenvalue weighted by Gasteiger charge is 2.20. The van der Waals surface area contributed by atoms with E-state index in [9.17, 15) is 0 Å². The van der Waals surface area contributed by atoms with E-state index in [-0.39, 0.29) is 0 Å². The van der Waals surface area contributed by atoms with Crippen LogP contribution in [0.4, 0.5) is 5.82 Å². The maximum absolute atomic E-state index is 5.42. The van der Waals surface area contributed by atoms with Crippen molar-refractivity contribution in [1.82, 2.24) is 24.6 Å². The van der Waals surface area contributed by atoms with Gasteiger partial charge >= 0.3 is 0 Å². The molecule has 3 heterocycles. The third-order valence-electron chi connectivity index (χ3n) is 4.08. The van der Waals surface area contributed by atoms with Crippen LogP contribution in [0.2, 0.25) is 0 Å². The normalized spacial score (nSPS) is 16.8. The molecule has 0 unspecified atom stereocenters. The Hall–Kier alpha value is -1.73. The van der Waals surface area contributed by atoms with E-state index < -0.39 is 0 Å². The summed E-state index contributed by atoms with van der Waals surface area (Å²) in [5, 5.41) is 8.35. The van der Waals surface area contributed by atoms with E-state index in [2.05, 4.69) is 32.3 Å². The zero-order chi connectivity index (χ0) is 14.8. The molecule has 0 spiro atoms. The van der Waals surface area contributed by atoms with Gasteiger partial charge in [-0.2, -0.15) is 5.10 Å². The smallest absolute Gasteiger partial charge is 0.163 e. The van der Waals surface area contributed by atoms with Gasteiger partial charge in [0.25, 0.3) is 0 Å². The maximum atomic E-state index is 5.42. The van der Waals surface area contributed by atoms with Crippen LogP contribution < -0.4 is 5.32 Å². The Morgan fingerprint density at radius 3 is 2.86 bits per heavy atom. The van der Waals surface area contributed by atoms with Crippen molar-refractivity contribution in [2.24, 2.45) is 7.05 Å². The Morgan fingerprint density at radius 2 is 2.14 bits per heavy atom. The minimum absolute atomic E-state index is 0.544. The molecule has 7 nitrogen and oxygen atoms in total. The number of hydrogen-bond donors (Lipinski definition) is 1. The van der Waals surface area contributed by atoms with Crippen molar-refractivity contribution in [2.75, 3.05) is 32.6 Å². The zero-order valence-electron chi connectivity index (χ0n) is 12.8. The molecule has 7 heteroatoms. The van der Waals surface area contributed by atoms with Gasteiger partial charge in [0.2, 0.25) is 0 Å². The number of rotatable bonds is 4. The number of fused-ring (bicyclic) bond motifs is 1. The molecule has 0 radical (unpaired) electrons. The van der Waals surface area contributed by atoms with E-state index in [0.29, 0.717) is 6.04 Å². The van der Waals surface area contributed by atoms with Crippen LogP contribution in [-0.2, 0) is 18.3 Å². The van der Waals surface area contributed by atoms with Crippen molar-refractivity contribution < 1.29 is 4.74 Å². The van der Waals surface area contributed by atoms with Gasteiger partial charge in [-0.05, 0) is 19.9 Å². The molecule has 2 aromatic heterocycles. The van der Waals surface area contributed by atoms with Crippen molar-refractivity contribution in [3.63, 3.8) is 0 Å². The summed E-state index contributed by atoms with van der Waals surface area (Å²) >= 11 is 0. The van der Waals surface area contributed by atoms with Gasteiger partial charge in [-0.15, -0.1) is 0 Å². The van der Waals surface area contributed by atoms with Crippen molar-refractivity contribution >= 4 is 16.9 Å². The SMILES string of the molecule is CNc1nc(CN(C)C2CCOCC2)nc2c1cnn2C. The van der Waals surface area contributed by atoms with Gasteiger partial charge in [0.15, 0.2) is 5.65 Å². The second-order valence-electron chi connectivity index (χ2n) is 5.50. The molecule has 21 heavy (non-hydrogen) atoms. The lowest BCUT2D eigenvalue weighted by Gasteiger charge is -2.30. The fraction of sp³-hybridized carbons (Fsp3) is 0.643. The van der Waals surface area contributed by atoms with Crippen molar-refractivity contribution in [3.05, 3.63) is 12.0 Å². The van der Waals surface area contributed by atoms with Crippen LogP contribution in [0.5, 0.6) is 0 Å². The van der Waals surface area contributed by atoms with Gasteiger partial charge in [-0.1, -0.05) is 0 Å². The molecule has 0 aromatic carbocycles. The Labute approximate surface area is 124 Å². The molecule has 1 aliphatic rings. The predicted molar refractivity (Wildman–Crippen MR) is 81.2 cm³/mol. The lowest BCUT2D eigenvalue weighted by molar-refractivity contribution is 0.0399. The Kier molecular flexibility index (Phi) is 4.03. The molecule has 0 amide bonds. The van der Waals surface area contributed by atoms with E-state index in [4.69, 9.17) is 4.74 Å². The average Bonchev–Trinajstić information content (AvgIpc) is 2.89. The minimum atomic E-state index is 0.544. The van der Waals surface area contributed by atoms with Crippen LogP contribution in [-0.4, -0.2) is 58.0 Å². The van der Waals surface area contributed by atoms with Crippen LogP contribution in [0, 0.1) is 0 Å². The van der Waals surface area contributed by atoms with Crippen molar-refractivity contribution in [2.45, 2.75) is 25.4 Å². The molecule has 0 aliphatic carbocycles. The third-order valence-corrected chi connectivity index (χ3v) is 4.08. The van der Waals surface area contributed by atoms with Crippen LogP contribution in [0.15, 0.2) is 6.20 Å². The van der Waals surface area contributed by atoms with Gasteiger partial charge in [0, 0.05) is 33.4 Å². The molecule has 1 N–H and O–H groups in total. The zero-order valence-corrected chi connectivity index (χ0v) is 12.8. The van der Waals surface area contributed by atoms with Crippen molar-refractivity contribution in [1.29, 1.82) is 0 Å². The largest absolute Gasteiger partial charge is 0.381 e. The predicted octanol–water partition coefficient (Wildman–Crippen LogP) is 1.02. The quantitative estimate of drug-likeness (QED) is 0.906. The number of nitrogens with zero attached hydrogens (tertiary/aromatic N) is 5. The van der Waals surface area contributed by atoms with Gasteiger partial charge in [0.1, 0.15) is 11.6 Å². The molecule has 0 atom stereocenters. The summed E-state index contributed by atoms with van der Waals surface area (Å²) in [4.78, 5) is 11.6. The first-order valence-corrected chi connectivity index (χ1v) is 7.33. The Morgan fingerprint density at radius 1 is 1.38 bits per heavy atom. The minimum Gasteiger partial charge on any atom is -0.381 e. The van der Waals surface area contributed by atoms with E-state index in [1.165, 1.54) is 0 Å². The molecule has 3 rings (SSSR count). The van der Waals surface area contributed by atoms with Gasteiger partial charge < -0.3 is 10.1 Å².